The lowest BCUT2D eigenvalue weighted by Crippen LogP contribution is -2.13. The van der Waals surface area contributed by atoms with Gasteiger partial charge in [0.05, 0.1) is 13.0 Å². The predicted octanol–water partition coefficient (Wildman–Crippen LogP) is 1.75. The van der Waals surface area contributed by atoms with Gasteiger partial charge < -0.3 is 15.2 Å². The fourth-order valence-electron chi connectivity index (χ4n) is 1.18. The number of hydrogen-bond donors (Lipinski definition) is 3. The second kappa shape index (κ2) is 6.49. The first-order chi connectivity index (χ1) is 8.11. The van der Waals surface area contributed by atoms with E-state index in [1.54, 1.807) is 24.3 Å². The summed E-state index contributed by atoms with van der Waals surface area (Å²) in [6.07, 6.45) is -0.840. The molecule has 0 heterocycles. The third kappa shape index (κ3) is 4.98. The number of ether oxygens (including phenoxy) is 1. The number of carbonyl (C=O) groups excluding carboxylic acids is 1. The number of anilines is 2. The molecule has 0 saturated heterocycles. The summed E-state index contributed by atoms with van der Waals surface area (Å²) < 4.78 is 4.78. The molecule has 0 bridgehead atoms. The summed E-state index contributed by atoms with van der Waals surface area (Å²) in [5.74, 6) is -0.147. The maximum absolute atomic E-state index is 11.3. The van der Waals surface area contributed by atoms with E-state index in [4.69, 9.17) is 9.84 Å². The smallest absolute Gasteiger partial charge is 0.409 e. The molecule has 1 aromatic carbocycles. The zero-order valence-electron chi connectivity index (χ0n) is 9.40. The molecule has 0 fully saturated rings. The molecule has 6 heteroatoms. The molecular weight excluding hydrogens is 224 g/mol. The first-order valence-corrected chi connectivity index (χ1v) is 5.00. The average Bonchev–Trinajstić information content (AvgIpc) is 2.28. The number of carbonyl (C=O) groups is 2. The molecule has 17 heavy (non-hydrogen) atoms. The summed E-state index contributed by atoms with van der Waals surface area (Å²) in [6, 6.07) is 6.38. The van der Waals surface area contributed by atoms with Crippen LogP contribution in [0.5, 0.6) is 0 Å². The van der Waals surface area contributed by atoms with E-state index < -0.39 is 6.09 Å². The topological polar surface area (TPSA) is 87.7 Å². The van der Waals surface area contributed by atoms with Gasteiger partial charge >= 0.3 is 6.09 Å². The SMILES string of the molecule is COCCC(=O)Nc1ccc(NC(=O)O)cc1. The first kappa shape index (κ1) is 13.0. The summed E-state index contributed by atoms with van der Waals surface area (Å²) in [5, 5.41) is 13.4. The van der Waals surface area contributed by atoms with Crippen LogP contribution in [0, 0.1) is 0 Å². The molecule has 0 aromatic heterocycles. The second-order valence-corrected chi connectivity index (χ2v) is 3.30. The third-order valence-electron chi connectivity index (χ3n) is 1.95. The van der Waals surface area contributed by atoms with Gasteiger partial charge in [-0.1, -0.05) is 0 Å². The van der Waals surface area contributed by atoms with Crippen LogP contribution in [-0.4, -0.2) is 30.8 Å². The number of amides is 2. The van der Waals surface area contributed by atoms with Crippen molar-refractivity contribution in [3.05, 3.63) is 24.3 Å². The summed E-state index contributed by atoms with van der Waals surface area (Å²) >= 11 is 0. The lowest BCUT2D eigenvalue weighted by atomic mass is 10.2. The Bertz CT molecular complexity index is 389. The van der Waals surface area contributed by atoms with Gasteiger partial charge in [0.2, 0.25) is 5.91 Å². The minimum atomic E-state index is -1.12. The number of benzene rings is 1. The van der Waals surface area contributed by atoms with Gasteiger partial charge in [0, 0.05) is 18.5 Å². The van der Waals surface area contributed by atoms with E-state index in [0.29, 0.717) is 18.0 Å². The van der Waals surface area contributed by atoms with Gasteiger partial charge in [0.15, 0.2) is 0 Å². The van der Waals surface area contributed by atoms with Crippen molar-refractivity contribution in [2.75, 3.05) is 24.4 Å². The molecule has 6 nitrogen and oxygen atoms in total. The highest BCUT2D eigenvalue weighted by Gasteiger charge is 2.02. The third-order valence-corrected chi connectivity index (χ3v) is 1.95. The molecule has 0 unspecified atom stereocenters. The van der Waals surface area contributed by atoms with Crippen molar-refractivity contribution in [2.45, 2.75) is 6.42 Å². The number of hydrogen-bond acceptors (Lipinski definition) is 3. The Morgan fingerprint density at radius 3 is 2.18 bits per heavy atom. The van der Waals surface area contributed by atoms with Gasteiger partial charge in [-0.3, -0.25) is 10.1 Å². The van der Waals surface area contributed by atoms with Crippen LogP contribution >= 0.6 is 0 Å². The molecule has 0 spiro atoms. The fourth-order valence-corrected chi connectivity index (χ4v) is 1.18. The maximum atomic E-state index is 11.3. The van der Waals surface area contributed by atoms with Crippen LogP contribution in [0.2, 0.25) is 0 Å². The van der Waals surface area contributed by atoms with E-state index in [9.17, 15) is 9.59 Å². The Labute approximate surface area is 98.6 Å². The van der Waals surface area contributed by atoms with Crippen LogP contribution in [0.4, 0.5) is 16.2 Å². The Hall–Kier alpha value is -2.08. The molecular formula is C11H14N2O4. The van der Waals surface area contributed by atoms with Crippen LogP contribution in [0.15, 0.2) is 24.3 Å². The standard InChI is InChI=1S/C11H14N2O4/c1-17-7-6-10(14)12-8-2-4-9(5-3-8)13-11(15)16/h2-5,13H,6-7H2,1H3,(H,12,14)(H,15,16). The van der Waals surface area contributed by atoms with Crippen LogP contribution in [0.3, 0.4) is 0 Å². The lowest BCUT2D eigenvalue weighted by molar-refractivity contribution is -0.117. The van der Waals surface area contributed by atoms with Crippen molar-refractivity contribution in [3.8, 4) is 0 Å². The molecule has 0 aliphatic rings. The summed E-state index contributed by atoms with van der Waals surface area (Å²) in [4.78, 5) is 21.7. The highest BCUT2D eigenvalue weighted by Crippen LogP contribution is 2.13. The number of rotatable bonds is 5. The van der Waals surface area contributed by atoms with Gasteiger partial charge in [-0.15, -0.1) is 0 Å². The number of methoxy groups -OCH3 is 1. The fraction of sp³-hybridized carbons (Fsp3) is 0.273. The molecule has 0 atom stereocenters. The van der Waals surface area contributed by atoms with Gasteiger partial charge in [0.1, 0.15) is 0 Å². The van der Waals surface area contributed by atoms with Gasteiger partial charge in [-0.05, 0) is 24.3 Å². The Kier molecular flexibility index (Phi) is 4.96. The monoisotopic (exact) mass is 238 g/mol. The molecule has 0 radical (unpaired) electrons. The summed E-state index contributed by atoms with van der Waals surface area (Å²) in [7, 11) is 1.53. The molecule has 1 rings (SSSR count). The second-order valence-electron chi connectivity index (χ2n) is 3.30. The van der Waals surface area contributed by atoms with Crippen molar-refractivity contribution in [1.29, 1.82) is 0 Å². The molecule has 2 amide bonds. The quantitative estimate of drug-likeness (QED) is 0.729. The van der Waals surface area contributed by atoms with E-state index in [1.165, 1.54) is 7.11 Å². The number of nitrogens with one attached hydrogen (secondary N) is 2. The predicted molar refractivity (Wildman–Crippen MR) is 63.2 cm³/mol. The van der Waals surface area contributed by atoms with Crippen molar-refractivity contribution in [1.82, 2.24) is 0 Å². The van der Waals surface area contributed by atoms with Crippen LogP contribution in [0.1, 0.15) is 6.42 Å². The normalized spacial score (nSPS) is 9.71. The Balaban J connectivity index is 2.50. The van der Waals surface area contributed by atoms with Crippen LogP contribution in [-0.2, 0) is 9.53 Å². The molecule has 0 aliphatic carbocycles. The molecule has 0 aliphatic heterocycles. The zero-order valence-corrected chi connectivity index (χ0v) is 9.40. The minimum Gasteiger partial charge on any atom is -0.465 e. The molecule has 1 aromatic rings. The van der Waals surface area contributed by atoms with Gasteiger partial charge in [0.25, 0.3) is 0 Å². The van der Waals surface area contributed by atoms with Crippen LogP contribution < -0.4 is 10.6 Å². The molecule has 3 N–H and O–H groups in total. The molecule has 92 valence electrons. The maximum Gasteiger partial charge on any atom is 0.409 e. The van der Waals surface area contributed by atoms with Crippen molar-refractivity contribution in [3.63, 3.8) is 0 Å². The van der Waals surface area contributed by atoms with E-state index in [-0.39, 0.29) is 12.3 Å². The van der Waals surface area contributed by atoms with E-state index in [2.05, 4.69) is 10.6 Å². The largest absolute Gasteiger partial charge is 0.465 e. The lowest BCUT2D eigenvalue weighted by Gasteiger charge is -2.06. The van der Waals surface area contributed by atoms with Gasteiger partial charge in [-0.25, -0.2) is 4.79 Å². The van der Waals surface area contributed by atoms with Crippen molar-refractivity contribution in [2.24, 2.45) is 0 Å². The minimum absolute atomic E-state index is 0.147. The van der Waals surface area contributed by atoms with E-state index >= 15 is 0 Å². The van der Waals surface area contributed by atoms with Crippen LogP contribution in [0.25, 0.3) is 0 Å². The van der Waals surface area contributed by atoms with E-state index in [1.807, 2.05) is 0 Å². The van der Waals surface area contributed by atoms with Crippen molar-refractivity contribution < 1.29 is 19.4 Å². The highest BCUT2D eigenvalue weighted by molar-refractivity contribution is 5.91. The summed E-state index contributed by atoms with van der Waals surface area (Å²) in [5.41, 5.74) is 1.06. The van der Waals surface area contributed by atoms with E-state index in [0.717, 1.165) is 0 Å². The average molecular weight is 238 g/mol. The Morgan fingerprint density at radius 1 is 1.18 bits per heavy atom. The first-order valence-electron chi connectivity index (χ1n) is 5.00. The zero-order chi connectivity index (χ0) is 12.7. The number of carboxylic acid groups (broad SMARTS) is 1. The van der Waals surface area contributed by atoms with Crippen molar-refractivity contribution >= 4 is 23.4 Å². The van der Waals surface area contributed by atoms with Gasteiger partial charge in [-0.2, -0.15) is 0 Å². The highest BCUT2D eigenvalue weighted by atomic mass is 16.5. The Morgan fingerprint density at radius 2 is 1.71 bits per heavy atom. The summed E-state index contributed by atoms with van der Waals surface area (Å²) in [6.45, 7) is 0.366. The molecule has 0 saturated carbocycles.